The van der Waals surface area contributed by atoms with Gasteiger partial charge in [0.05, 0.1) is 31.0 Å². The number of rotatable bonds is 6. The van der Waals surface area contributed by atoms with Gasteiger partial charge in [0, 0.05) is 29.2 Å². The van der Waals surface area contributed by atoms with Gasteiger partial charge in [0.15, 0.2) is 5.60 Å². The Labute approximate surface area is 203 Å². The molecule has 2 unspecified atom stereocenters. The summed E-state index contributed by atoms with van der Waals surface area (Å²) in [7, 11) is 0. The molecular formula is C23H21FN6O6. The Hall–Kier alpha value is -4.55. The maximum atomic E-state index is 15.0. The highest BCUT2D eigenvalue weighted by Gasteiger charge is 2.42. The SMILES string of the molecule is CC(=O)NCC1CN(c2ccc(-c3ccc(C4(C)Cn5cc([N+](=O)[O-])nc5O4)nc3)c(F)c2)C(=O)O1. The first-order valence-corrected chi connectivity index (χ1v) is 11.0. The molecular weight excluding hydrogens is 475 g/mol. The van der Waals surface area contributed by atoms with Gasteiger partial charge < -0.3 is 24.9 Å². The first-order valence-electron chi connectivity index (χ1n) is 11.0. The third kappa shape index (κ3) is 4.19. The summed E-state index contributed by atoms with van der Waals surface area (Å²) in [5.74, 6) is -1.07. The number of carbonyl (C=O) groups is 2. The van der Waals surface area contributed by atoms with Gasteiger partial charge in [-0.25, -0.2) is 9.18 Å². The molecule has 2 atom stereocenters. The summed E-state index contributed by atoms with van der Waals surface area (Å²) in [6, 6.07) is 7.95. The van der Waals surface area contributed by atoms with Crippen molar-refractivity contribution in [2.75, 3.05) is 18.0 Å². The number of nitrogens with one attached hydrogen (secondary N) is 1. The molecule has 2 aliphatic heterocycles. The summed E-state index contributed by atoms with van der Waals surface area (Å²) in [5.41, 5.74) is 0.821. The number of aromatic nitrogens is 3. The molecule has 1 saturated heterocycles. The first kappa shape index (κ1) is 23.2. The molecule has 5 rings (SSSR count). The van der Waals surface area contributed by atoms with Crippen LogP contribution in [0.2, 0.25) is 0 Å². The van der Waals surface area contributed by atoms with Gasteiger partial charge in [-0.1, -0.05) is 6.07 Å². The highest BCUT2D eigenvalue weighted by atomic mass is 19.1. The van der Waals surface area contributed by atoms with Crippen molar-refractivity contribution in [3.8, 4) is 17.1 Å². The van der Waals surface area contributed by atoms with E-state index >= 15 is 4.39 Å². The van der Waals surface area contributed by atoms with Gasteiger partial charge in [-0.2, -0.15) is 0 Å². The van der Waals surface area contributed by atoms with Crippen LogP contribution in [-0.4, -0.2) is 50.7 Å². The minimum atomic E-state index is -0.887. The van der Waals surface area contributed by atoms with Crippen LogP contribution in [0.4, 0.5) is 20.7 Å². The van der Waals surface area contributed by atoms with E-state index in [9.17, 15) is 19.7 Å². The summed E-state index contributed by atoms with van der Waals surface area (Å²) in [6.07, 6.45) is 1.69. The molecule has 2 aromatic heterocycles. The molecule has 2 aliphatic rings. The van der Waals surface area contributed by atoms with Crippen molar-refractivity contribution in [3.05, 3.63) is 64.4 Å². The van der Waals surface area contributed by atoms with E-state index in [-0.39, 0.29) is 37.4 Å². The Morgan fingerprint density at radius 1 is 1.36 bits per heavy atom. The van der Waals surface area contributed by atoms with Gasteiger partial charge in [-0.05, 0) is 36.1 Å². The molecule has 1 fully saturated rings. The lowest BCUT2D eigenvalue weighted by Crippen LogP contribution is -2.33. The Bertz CT molecular complexity index is 1350. The van der Waals surface area contributed by atoms with Gasteiger partial charge in [-0.15, -0.1) is 0 Å². The number of hydrogen-bond donors (Lipinski definition) is 1. The quantitative estimate of drug-likeness (QED) is 0.406. The second kappa shape index (κ2) is 8.59. The number of pyridine rings is 1. The lowest BCUT2D eigenvalue weighted by Gasteiger charge is -2.21. The van der Waals surface area contributed by atoms with Crippen molar-refractivity contribution >= 4 is 23.5 Å². The van der Waals surface area contributed by atoms with E-state index in [1.165, 1.54) is 30.3 Å². The molecule has 2 amide bonds. The molecule has 0 spiro atoms. The van der Waals surface area contributed by atoms with Gasteiger partial charge in [-0.3, -0.25) is 19.2 Å². The Morgan fingerprint density at radius 3 is 2.81 bits per heavy atom. The first-order chi connectivity index (χ1) is 17.1. The minimum Gasteiger partial charge on any atom is -0.442 e. The number of ether oxygens (including phenoxy) is 2. The minimum absolute atomic E-state index is 0.136. The summed E-state index contributed by atoms with van der Waals surface area (Å²) in [5, 5.41) is 13.5. The maximum absolute atomic E-state index is 15.0. The topological polar surface area (TPSA) is 142 Å². The number of nitro groups is 1. The fourth-order valence-corrected chi connectivity index (χ4v) is 4.23. The van der Waals surface area contributed by atoms with Crippen LogP contribution in [-0.2, 0) is 21.7 Å². The Morgan fingerprint density at radius 2 is 2.17 bits per heavy atom. The Kier molecular flexibility index (Phi) is 5.54. The molecule has 1 N–H and O–H groups in total. The van der Waals surface area contributed by atoms with Crippen LogP contribution in [0.15, 0.2) is 42.7 Å². The number of halogens is 1. The highest BCUT2D eigenvalue weighted by molar-refractivity contribution is 5.90. The van der Waals surface area contributed by atoms with Crippen LogP contribution >= 0.6 is 0 Å². The number of carbonyl (C=O) groups excluding carboxylic acids is 2. The fraction of sp³-hybridized carbons (Fsp3) is 0.304. The summed E-state index contributed by atoms with van der Waals surface area (Å²) < 4.78 is 27.7. The average Bonchev–Trinajstić information content (AvgIpc) is 3.49. The van der Waals surface area contributed by atoms with Gasteiger partial charge in [0.1, 0.15) is 18.1 Å². The molecule has 0 radical (unpaired) electrons. The molecule has 4 heterocycles. The molecule has 13 heteroatoms. The molecule has 3 aromatic rings. The largest absolute Gasteiger partial charge is 0.442 e. The third-order valence-electron chi connectivity index (χ3n) is 6.04. The predicted molar refractivity (Wildman–Crippen MR) is 123 cm³/mol. The zero-order valence-corrected chi connectivity index (χ0v) is 19.3. The van der Waals surface area contributed by atoms with Crippen LogP contribution in [0.25, 0.3) is 11.1 Å². The van der Waals surface area contributed by atoms with E-state index < -0.39 is 28.5 Å². The van der Waals surface area contributed by atoms with E-state index in [0.29, 0.717) is 22.5 Å². The maximum Gasteiger partial charge on any atom is 0.415 e. The van der Waals surface area contributed by atoms with Crippen molar-refractivity contribution in [2.45, 2.75) is 32.1 Å². The average molecular weight is 496 g/mol. The smallest absolute Gasteiger partial charge is 0.415 e. The molecule has 12 nitrogen and oxygen atoms in total. The van der Waals surface area contributed by atoms with Crippen molar-refractivity contribution in [3.63, 3.8) is 0 Å². The molecule has 186 valence electrons. The van der Waals surface area contributed by atoms with Crippen molar-refractivity contribution in [2.24, 2.45) is 0 Å². The van der Waals surface area contributed by atoms with Crippen molar-refractivity contribution in [1.29, 1.82) is 0 Å². The monoisotopic (exact) mass is 496 g/mol. The van der Waals surface area contributed by atoms with Gasteiger partial charge in [0.2, 0.25) is 5.91 Å². The van der Waals surface area contributed by atoms with E-state index in [2.05, 4.69) is 15.3 Å². The van der Waals surface area contributed by atoms with Crippen LogP contribution in [0.1, 0.15) is 19.5 Å². The van der Waals surface area contributed by atoms with Crippen LogP contribution in [0.3, 0.4) is 0 Å². The number of imidazole rings is 1. The standard InChI is InChI=1S/C23H21FN6O6/c1-13(31)25-9-16-10-29(22(32)35-16)15-4-5-17(18(24)7-15)14-3-6-19(26-8-14)23(2)12-28-11-20(30(33)34)27-21(28)36-23/h3-8,11,16H,9-10,12H2,1-2H3,(H,25,31). The fourth-order valence-electron chi connectivity index (χ4n) is 4.23. The number of fused-ring (bicyclic) bond motifs is 1. The summed E-state index contributed by atoms with van der Waals surface area (Å²) >= 11 is 0. The van der Waals surface area contributed by atoms with E-state index in [0.717, 1.165) is 0 Å². The Balaban J connectivity index is 1.30. The number of nitrogens with zero attached hydrogens (tertiary/aromatic N) is 5. The molecule has 0 saturated carbocycles. The zero-order valence-electron chi connectivity index (χ0n) is 19.3. The number of hydrogen-bond acceptors (Lipinski definition) is 8. The molecule has 0 bridgehead atoms. The normalized spacial score (nSPS) is 20.6. The summed E-state index contributed by atoms with van der Waals surface area (Å²) in [6.45, 7) is 3.81. The van der Waals surface area contributed by atoms with Crippen LogP contribution in [0, 0.1) is 15.9 Å². The lowest BCUT2D eigenvalue weighted by molar-refractivity contribution is -0.389. The predicted octanol–water partition coefficient (Wildman–Crippen LogP) is 2.76. The van der Waals surface area contributed by atoms with E-state index in [1.807, 2.05) is 0 Å². The van der Waals surface area contributed by atoms with Crippen LogP contribution < -0.4 is 15.0 Å². The van der Waals surface area contributed by atoms with E-state index in [4.69, 9.17) is 9.47 Å². The number of benzene rings is 1. The number of amides is 2. The number of anilines is 1. The third-order valence-corrected chi connectivity index (χ3v) is 6.04. The molecule has 1 aromatic carbocycles. The van der Waals surface area contributed by atoms with Gasteiger partial charge in [0.25, 0.3) is 0 Å². The molecule has 0 aliphatic carbocycles. The second-order valence-electron chi connectivity index (χ2n) is 8.75. The van der Waals surface area contributed by atoms with Crippen molar-refractivity contribution in [1.82, 2.24) is 19.9 Å². The van der Waals surface area contributed by atoms with Crippen LogP contribution in [0.5, 0.6) is 6.01 Å². The zero-order chi connectivity index (χ0) is 25.6. The van der Waals surface area contributed by atoms with E-state index in [1.54, 1.807) is 35.8 Å². The van der Waals surface area contributed by atoms with Gasteiger partial charge >= 0.3 is 17.9 Å². The number of cyclic esters (lactones) is 1. The van der Waals surface area contributed by atoms with Crippen molar-refractivity contribution < 1.29 is 28.4 Å². The molecule has 36 heavy (non-hydrogen) atoms. The summed E-state index contributed by atoms with van der Waals surface area (Å²) in [4.78, 5) is 43.2. The lowest BCUT2D eigenvalue weighted by atomic mass is 9.99. The highest BCUT2D eigenvalue weighted by Crippen LogP contribution is 2.37. The second-order valence-corrected chi connectivity index (χ2v) is 8.75.